The fourth-order valence-electron chi connectivity index (χ4n) is 3.68. The smallest absolute Gasteiger partial charge is 0.323 e. The number of hydrogen-bond acceptors (Lipinski definition) is 6. The van der Waals surface area contributed by atoms with Gasteiger partial charge in [0.25, 0.3) is 0 Å². The Morgan fingerprint density at radius 1 is 1.14 bits per heavy atom. The average Bonchev–Trinajstić information content (AvgIpc) is 2.50. The van der Waals surface area contributed by atoms with Crippen LogP contribution in [0.15, 0.2) is 0 Å². The summed E-state index contributed by atoms with van der Waals surface area (Å²) in [6, 6.07) is -1.18. The summed E-state index contributed by atoms with van der Waals surface area (Å²) in [7, 11) is 0. The molecule has 0 aromatic heterocycles. The predicted molar refractivity (Wildman–Crippen MR) is 80.3 cm³/mol. The number of carboxylic acids is 1. The van der Waals surface area contributed by atoms with Gasteiger partial charge in [0.2, 0.25) is 0 Å². The molecule has 128 valence electrons. The second-order valence-electron chi connectivity index (χ2n) is 6.39. The molecule has 2 aliphatic heterocycles. The molecule has 2 heterocycles. The first kappa shape index (κ1) is 17.6. The van der Waals surface area contributed by atoms with Crippen LogP contribution in [-0.4, -0.2) is 86.3 Å². The van der Waals surface area contributed by atoms with E-state index in [9.17, 15) is 25.2 Å². The number of aliphatic hydroxyl groups excluding tert-OH is 3. The molecule has 2 fully saturated rings. The number of carboxylic acid groups (broad SMARTS) is 1. The highest BCUT2D eigenvalue weighted by molar-refractivity contribution is 5.74. The number of piperidine rings is 2. The standard InChI is InChI=1S/C15H28N2O5/c1-2-6-11(16-7-4-3-5-8-16)17-9-10(18)13(19)14(20)12(17)15(21)22/h10-14,18-20H,2-9H2,1H3,(H,21,22). The molecule has 4 N–H and O–H groups in total. The Bertz CT molecular complexity index is 375. The quantitative estimate of drug-likeness (QED) is 0.539. The van der Waals surface area contributed by atoms with Crippen LogP contribution in [0.5, 0.6) is 0 Å². The van der Waals surface area contributed by atoms with Gasteiger partial charge in [0.15, 0.2) is 0 Å². The molecule has 0 radical (unpaired) electrons. The van der Waals surface area contributed by atoms with Gasteiger partial charge in [-0.2, -0.15) is 0 Å². The van der Waals surface area contributed by atoms with Crippen LogP contribution >= 0.6 is 0 Å². The summed E-state index contributed by atoms with van der Waals surface area (Å²) in [5.41, 5.74) is 0. The zero-order valence-corrected chi connectivity index (χ0v) is 13.1. The third-order valence-corrected chi connectivity index (χ3v) is 4.82. The summed E-state index contributed by atoms with van der Waals surface area (Å²) in [6.07, 6.45) is 0.864. The summed E-state index contributed by atoms with van der Waals surface area (Å²) in [5, 5.41) is 39.4. The highest BCUT2D eigenvalue weighted by atomic mass is 16.4. The first-order valence-electron chi connectivity index (χ1n) is 8.24. The van der Waals surface area contributed by atoms with E-state index in [0.717, 1.165) is 38.8 Å². The second-order valence-corrected chi connectivity index (χ2v) is 6.39. The zero-order chi connectivity index (χ0) is 16.3. The molecule has 5 atom stereocenters. The molecule has 22 heavy (non-hydrogen) atoms. The second kappa shape index (κ2) is 7.70. The van der Waals surface area contributed by atoms with Gasteiger partial charge in [-0.25, -0.2) is 0 Å². The van der Waals surface area contributed by atoms with Gasteiger partial charge in [-0.1, -0.05) is 19.8 Å². The Morgan fingerprint density at radius 2 is 1.77 bits per heavy atom. The van der Waals surface area contributed by atoms with Gasteiger partial charge in [-0.3, -0.25) is 14.6 Å². The topological polar surface area (TPSA) is 104 Å². The van der Waals surface area contributed by atoms with Crippen LogP contribution in [0.2, 0.25) is 0 Å². The average molecular weight is 316 g/mol. The molecular formula is C15H28N2O5. The van der Waals surface area contributed by atoms with E-state index in [1.165, 1.54) is 6.42 Å². The summed E-state index contributed by atoms with van der Waals surface area (Å²) in [5.74, 6) is -1.16. The van der Waals surface area contributed by atoms with E-state index < -0.39 is 30.3 Å². The molecule has 2 rings (SSSR count). The lowest BCUT2D eigenvalue weighted by atomic mass is 9.92. The van der Waals surface area contributed by atoms with Crippen molar-refractivity contribution in [1.82, 2.24) is 9.80 Å². The monoisotopic (exact) mass is 316 g/mol. The van der Waals surface area contributed by atoms with Crippen molar-refractivity contribution in [3.05, 3.63) is 0 Å². The number of hydrogen-bond donors (Lipinski definition) is 4. The lowest BCUT2D eigenvalue weighted by molar-refractivity contribution is -0.185. The van der Waals surface area contributed by atoms with E-state index in [1.807, 2.05) is 6.92 Å². The predicted octanol–water partition coefficient (Wildman–Crippen LogP) is -0.550. The van der Waals surface area contributed by atoms with Crippen LogP contribution in [0.4, 0.5) is 0 Å². The maximum atomic E-state index is 11.6. The van der Waals surface area contributed by atoms with Crippen molar-refractivity contribution in [3.63, 3.8) is 0 Å². The van der Waals surface area contributed by atoms with Crippen LogP contribution in [0, 0.1) is 0 Å². The number of aliphatic carboxylic acids is 1. The molecule has 5 unspecified atom stereocenters. The minimum Gasteiger partial charge on any atom is -0.480 e. The van der Waals surface area contributed by atoms with E-state index in [2.05, 4.69) is 4.90 Å². The summed E-state index contributed by atoms with van der Waals surface area (Å²) < 4.78 is 0. The summed E-state index contributed by atoms with van der Waals surface area (Å²) in [6.45, 7) is 3.92. The number of nitrogens with zero attached hydrogens (tertiary/aromatic N) is 2. The van der Waals surface area contributed by atoms with Crippen molar-refractivity contribution in [2.75, 3.05) is 19.6 Å². The fourth-order valence-corrected chi connectivity index (χ4v) is 3.68. The molecule has 0 amide bonds. The molecule has 0 bridgehead atoms. The Balaban J connectivity index is 2.23. The molecule has 2 aliphatic rings. The van der Waals surface area contributed by atoms with Crippen LogP contribution < -0.4 is 0 Å². The zero-order valence-electron chi connectivity index (χ0n) is 13.1. The summed E-state index contributed by atoms with van der Waals surface area (Å²) in [4.78, 5) is 15.5. The van der Waals surface area contributed by atoms with Crippen LogP contribution in [-0.2, 0) is 4.79 Å². The molecule has 0 aliphatic carbocycles. The number of aliphatic hydroxyl groups is 3. The van der Waals surface area contributed by atoms with E-state index in [-0.39, 0.29) is 12.7 Å². The third-order valence-electron chi connectivity index (χ3n) is 4.82. The molecule has 0 saturated carbocycles. The molecule has 7 heteroatoms. The van der Waals surface area contributed by atoms with Crippen molar-refractivity contribution >= 4 is 5.97 Å². The fraction of sp³-hybridized carbons (Fsp3) is 0.933. The summed E-state index contributed by atoms with van der Waals surface area (Å²) >= 11 is 0. The maximum Gasteiger partial charge on any atom is 0.323 e. The minimum absolute atomic E-state index is 0.0658. The van der Waals surface area contributed by atoms with E-state index in [1.54, 1.807) is 4.90 Å². The Morgan fingerprint density at radius 3 is 2.32 bits per heavy atom. The van der Waals surface area contributed by atoms with Crippen molar-refractivity contribution in [3.8, 4) is 0 Å². The molecular weight excluding hydrogens is 288 g/mol. The maximum absolute atomic E-state index is 11.6. The van der Waals surface area contributed by atoms with Gasteiger partial charge in [-0.15, -0.1) is 0 Å². The lowest BCUT2D eigenvalue weighted by Crippen LogP contribution is -2.68. The van der Waals surface area contributed by atoms with Gasteiger partial charge in [0.1, 0.15) is 18.2 Å². The van der Waals surface area contributed by atoms with Crippen LogP contribution in [0.25, 0.3) is 0 Å². The molecule has 0 spiro atoms. The first-order valence-corrected chi connectivity index (χ1v) is 8.24. The van der Waals surface area contributed by atoms with Crippen molar-refractivity contribution < 1.29 is 25.2 Å². The lowest BCUT2D eigenvalue weighted by Gasteiger charge is -2.49. The molecule has 7 nitrogen and oxygen atoms in total. The highest BCUT2D eigenvalue weighted by Gasteiger charge is 2.48. The largest absolute Gasteiger partial charge is 0.480 e. The highest BCUT2D eigenvalue weighted by Crippen LogP contribution is 2.27. The van der Waals surface area contributed by atoms with Gasteiger partial charge in [-0.05, 0) is 32.4 Å². The SMILES string of the molecule is CCCC(N1CCCCC1)N1CC(O)C(O)C(O)C1C(=O)O. The van der Waals surface area contributed by atoms with Gasteiger partial charge >= 0.3 is 5.97 Å². The van der Waals surface area contributed by atoms with Gasteiger partial charge < -0.3 is 20.4 Å². The van der Waals surface area contributed by atoms with Crippen molar-refractivity contribution in [2.45, 2.75) is 69.5 Å². The van der Waals surface area contributed by atoms with Crippen molar-refractivity contribution in [1.29, 1.82) is 0 Å². The van der Waals surface area contributed by atoms with Crippen LogP contribution in [0.1, 0.15) is 39.0 Å². The number of β-amino-alcohol motifs (C(OH)–C–C–N with tert-alkyl or cyclic N) is 1. The Kier molecular flexibility index (Phi) is 6.17. The van der Waals surface area contributed by atoms with Gasteiger partial charge in [0.05, 0.1) is 12.3 Å². The first-order chi connectivity index (χ1) is 10.5. The van der Waals surface area contributed by atoms with Crippen LogP contribution in [0.3, 0.4) is 0 Å². The number of carbonyl (C=O) groups is 1. The number of likely N-dealkylation sites (tertiary alicyclic amines) is 2. The Labute approximate surface area is 131 Å². The molecule has 2 saturated heterocycles. The molecule has 0 aromatic carbocycles. The van der Waals surface area contributed by atoms with E-state index in [0.29, 0.717) is 0 Å². The number of rotatable bonds is 5. The van der Waals surface area contributed by atoms with E-state index in [4.69, 9.17) is 0 Å². The molecule has 0 aromatic rings. The van der Waals surface area contributed by atoms with Gasteiger partial charge in [0, 0.05) is 6.54 Å². The minimum atomic E-state index is -1.48. The Hall–Kier alpha value is -0.730. The normalized spacial score (nSPS) is 36.2. The van der Waals surface area contributed by atoms with E-state index >= 15 is 0 Å². The van der Waals surface area contributed by atoms with Crippen molar-refractivity contribution in [2.24, 2.45) is 0 Å². The third kappa shape index (κ3) is 3.60.